The average Bonchev–Trinajstić information content (AvgIpc) is 2.64. The van der Waals surface area contributed by atoms with E-state index in [2.05, 4.69) is 23.7 Å². The molecule has 0 amide bonds. The molecule has 140 valence electrons. The number of para-hydroxylation sites is 1. The number of pyridine rings is 1. The summed E-state index contributed by atoms with van der Waals surface area (Å²) in [4.78, 5) is 17.9. The van der Waals surface area contributed by atoms with Crippen LogP contribution in [0.3, 0.4) is 0 Å². The molecular weight excluding hydrogens is 360 g/mol. The summed E-state index contributed by atoms with van der Waals surface area (Å²) in [6, 6.07) is 17.6. The molecule has 1 atom stereocenters. The molecule has 2 heterocycles. The van der Waals surface area contributed by atoms with Gasteiger partial charge in [0, 0.05) is 40.3 Å². The third-order valence-corrected chi connectivity index (χ3v) is 5.67. The van der Waals surface area contributed by atoms with Crippen molar-refractivity contribution in [3.8, 4) is 0 Å². The highest BCUT2D eigenvalue weighted by Gasteiger charge is 2.36. The van der Waals surface area contributed by atoms with Gasteiger partial charge in [-0.3, -0.25) is 9.69 Å². The number of aromatic amines is 1. The Labute approximate surface area is 163 Å². The Bertz CT molecular complexity index is 1030. The van der Waals surface area contributed by atoms with Crippen LogP contribution in [-0.2, 0) is 11.3 Å². The van der Waals surface area contributed by atoms with Gasteiger partial charge in [-0.05, 0) is 37.4 Å². The summed E-state index contributed by atoms with van der Waals surface area (Å²) in [7, 11) is 0. The van der Waals surface area contributed by atoms with Gasteiger partial charge in [-0.1, -0.05) is 48.0 Å². The highest BCUT2D eigenvalue weighted by atomic mass is 35.5. The molecule has 1 fully saturated rings. The highest BCUT2D eigenvalue weighted by Crippen LogP contribution is 2.34. The molecular formula is C22H23ClN2O2. The predicted molar refractivity (Wildman–Crippen MR) is 109 cm³/mol. The number of ether oxygens (including phenoxy) is 1. The van der Waals surface area contributed by atoms with Crippen LogP contribution in [0, 0.1) is 0 Å². The summed E-state index contributed by atoms with van der Waals surface area (Å²) >= 11 is 6.37. The number of nitrogens with one attached hydrogen (secondary N) is 1. The van der Waals surface area contributed by atoms with Crippen molar-refractivity contribution in [1.82, 2.24) is 9.88 Å². The zero-order valence-corrected chi connectivity index (χ0v) is 16.3. The first-order chi connectivity index (χ1) is 12.9. The van der Waals surface area contributed by atoms with Crippen molar-refractivity contribution in [3.63, 3.8) is 0 Å². The number of aromatic nitrogens is 1. The lowest BCUT2D eigenvalue weighted by Gasteiger charge is -2.45. The van der Waals surface area contributed by atoms with Gasteiger partial charge < -0.3 is 9.72 Å². The number of benzene rings is 2. The SMILES string of the molecule is CC1(C)COC(c2ccccc2Cl)CN1Cc1cc2ccccc2[nH]c1=O. The third kappa shape index (κ3) is 3.65. The van der Waals surface area contributed by atoms with Crippen LogP contribution in [0.1, 0.15) is 31.1 Å². The van der Waals surface area contributed by atoms with Gasteiger partial charge in [0.2, 0.25) is 0 Å². The van der Waals surface area contributed by atoms with Gasteiger partial charge in [0.05, 0.1) is 12.7 Å². The number of halogens is 1. The second-order valence-corrected chi connectivity index (χ2v) is 8.13. The van der Waals surface area contributed by atoms with Crippen LogP contribution in [0.4, 0.5) is 0 Å². The molecule has 0 aliphatic carbocycles. The molecule has 27 heavy (non-hydrogen) atoms. The molecule has 1 unspecified atom stereocenters. The van der Waals surface area contributed by atoms with Crippen LogP contribution < -0.4 is 5.56 Å². The van der Waals surface area contributed by atoms with Gasteiger partial charge in [0.1, 0.15) is 0 Å². The van der Waals surface area contributed by atoms with E-state index < -0.39 is 0 Å². The molecule has 5 heteroatoms. The van der Waals surface area contributed by atoms with Crippen LogP contribution >= 0.6 is 11.6 Å². The van der Waals surface area contributed by atoms with Crippen molar-refractivity contribution in [2.45, 2.75) is 32.0 Å². The first kappa shape index (κ1) is 18.2. The van der Waals surface area contributed by atoms with Crippen LogP contribution in [-0.4, -0.2) is 28.6 Å². The minimum atomic E-state index is -0.171. The van der Waals surface area contributed by atoms with Crippen molar-refractivity contribution < 1.29 is 4.74 Å². The number of H-pyrrole nitrogens is 1. The zero-order chi connectivity index (χ0) is 19.0. The number of fused-ring (bicyclic) bond motifs is 1. The van der Waals surface area contributed by atoms with Crippen LogP contribution in [0.15, 0.2) is 59.4 Å². The maximum Gasteiger partial charge on any atom is 0.252 e. The van der Waals surface area contributed by atoms with Crippen LogP contribution in [0.5, 0.6) is 0 Å². The second kappa shape index (κ2) is 7.12. The Morgan fingerprint density at radius 3 is 2.74 bits per heavy atom. The first-order valence-electron chi connectivity index (χ1n) is 9.16. The highest BCUT2D eigenvalue weighted by molar-refractivity contribution is 6.31. The summed E-state index contributed by atoms with van der Waals surface area (Å²) in [5.74, 6) is 0. The summed E-state index contributed by atoms with van der Waals surface area (Å²) in [5.41, 5.74) is 2.41. The molecule has 4 nitrogen and oxygen atoms in total. The maximum atomic E-state index is 12.6. The molecule has 0 saturated carbocycles. The summed E-state index contributed by atoms with van der Waals surface area (Å²) in [6.45, 7) is 6.12. The normalized spacial score (nSPS) is 20.0. The van der Waals surface area contributed by atoms with E-state index in [1.165, 1.54) is 0 Å². The molecule has 1 N–H and O–H groups in total. The van der Waals surface area contributed by atoms with Crippen LogP contribution in [0.2, 0.25) is 5.02 Å². The Balaban J connectivity index is 1.64. The number of hydrogen-bond donors (Lipinski definition) is 1. The maximum absolute atomic E-state index is 12.6. The van der Waals surface area contributed by atoms with Crippen molar-refractivity contribution in [3.05, 3.63) is 81.1 Å². The van der Waals surface area contributed by atoms with Crippen molar-refractivity contribution in [1.29, 1.82) is 0 Å². The van der Waals surface area contributed by atoms with Gasteiger partial charge in [-0.2, -0.15) is 0 Å². The van der Waals surface area contributed by atoms with E-state index in [1.54, 1.807) is 0 Å². The summed E-state index contributed by atoms with van der Waals surface area (Å²) < 4.78 is 6.12. The van der Waals surface area contributed by atoms with Gasteiger partial charge in [-0.15, -0.1) is 0 Å². The molecule has 0 spiro atoms. The smallest absolute Gasteiger partial charge is 0.252 e. The molecule has 1 aliphatic heterocycles. The minimum Gasteiger partial charge on any atom is -0.370 e. The Morgan fingerprint density at radius 1 is 1.19 bits per heavy atom. The molecule has 0 radical (unpaired) electrons. The molecule has 1 saturated heterocycles. The van der Waals surface area contributed by atoms with Gasteiger partial charge >= 0.3 is 0 Å². The Morgan fingerprint density at radius 2 is 1.93 bits per heavy atom. The lowest BCUT2D eigenvalue weighted by Crippen LogP contribution is -2.53. The van der Waals surface area contributed by atoms with E-state index in [9.17, 15) is 4.79 Å². The van der Waals surface area contributed by atoms with Crippen molar-refractivity contribution in [2.75, 3.05) is 13.2 Å². The third-order valence-electron chi connectivity index (χ3n) is 5.32. The largest absolute Gasteiger partial charge is 0.370 e. The molecule has 3 aromatic rings. The Kier molecular flexibility index (Phi) is 4.81. The average molecular weight is 383 g/mol. The minimum absolute atomic E-state index is 0.0368. The van der Waals surface area contributed by atoms with E-state index in [0.29, 0.717) is 24.7 Å². The van der Waals surface area contributed by atoms with Gasteiger partial charge in [0.25, 0.3) is 5.56 Å². The predicted octanol–water partition coefficient (Wildman–Crippen LogP) is 4.53. The molecule has 0 bridgehead atoms. The summed E-state index contributed by atoms with van der Waals surface area (Å²) in [5, 5.41) is 1.76. The lowest BCUT2D eigenvalue weighted by molar-refractivity contribution is -0.104. The molecule has 1 aliphatic rings. The lowest BCUT2D eigenvalue weighted by atomic mass is 9.97. The van der Waals surface area contributed by atoms with E-state index in [-0.39, 0.29) is 17.2 Å². The fourth-order valence-corrected chi connectivity index (χ4v) is 3.87. The molecule has 2 aromatic carbocycles. The zero-order valence-electron chi connectivity index (χ0n) is 15.5. The molecule has 1 aromatic heterocycles. The Hall–Kier alpha value is -2.14. The standard InChI is InChI=1S/C22H23ClN2O2/c1-22(2)14-27-20(17-8-4-5-9-18(17)23)13-25(22)12-16-11-15-7-3-6-10-19(15)24-21(16)26/h3-11,20H,12-14H2,1-2H3,(H,24,26). The summed E-state index contributed by atoms with van der Waals surface area (Å²) in [6.07, 6.45) is -0.105. The monoisotopic (exact) mass is 382 g/mol. The van der Waals surface area contributed by atoms with Gasteiger partial charge in [0.15, 0.2) is 0 Å². The number of morpholine rings is 1. The number of hydrogen-bond acceptors (Lipinski definition) is 3. The first-order valence-corrected chi connectivity index (χ1v) is 9.54. The van der Waals surface area contributed by atoms with E-state index in [1.807, 2.05) is 54.6 Å². The topological polar surface area (TPSA) is 45.3 Å². The second-order valence-electron chi connectivity index (χ2n) is 7.73. The van der Waals surface area contributed by atoms with E-state index in [4.69, 9.17) is 16.3 Å². The van der Waals surface area contributed by atoms with Crippen molar-refractivity contribution in [2.24, 2.45) is 0 Å². The van der Waals surface area contributed by atoms with E-state index >= 15 is 0 Å². The van der Waals surface area contributed by atoms with E-state index in [0.717, 1.165) is 22.0 Å². The number of rotatable bonds is 3. The fraction of sp³-hybridized carbons (Fsp3) is 0.318. The van der Waals surface area contributed by atoms with Crippen molar-refractivity contribution >= 4 is 22.5 Å². The fourth-order valence-electron chi connectivity index (χ4n) is 3.61. The van der Waals surface area contributed by atoms with Gasteiger partial charge in [-0.25, -0.2) is 0 Å². The molecule has 4 rings (SSSR count). The number of nitrogens with zero attached hydrogens (tertiary/aromatic N) is 1. The van der Waals surface area contributed by atoms with Crippen LogP contribution in [0.25, 0.3) is 10.9 Å². The quantitative estimate of drug-likeness (QED) is 0.723.